The van der Waals surface area contributed by atoms with Gasteiger partial charge in [0.15, 0.2) is 0 Å². The molecule has 1 fully saturated rings. The van der Waals surface area contributed by atoms with E-state index >= 15 is 0 Å². The quantitative estimate of drug-likeness (QED) is 0.764. The Morgan fingerprint density at radius 3 is 2.88 bits per heavy atom. The summed E-state index contributed by atoms with van der Waals surface area (Å²) in [6.45, 7) is 4.10. The number of aromatic amines is 1. The Kier molecular flexibility index (Phi) is 5.90. The van der Waals surface area contributed by atoms with E-state index in [1.165, 1.54) is 12.8 Å². The first-order chi connectivity index (χ1) is 12.2. The van der Waals surface area contributed by atoms with Crippen LogP contribution in [0.1, 0.15) is 29.0 Å². The fourth-order valence-electron chi connectivity index (χ4n) is 2.83. The van der Waals surface area contributed by atoms with Crippen molar-refractivity contribution in [2.45, 2.75) is 19.4 Å². The highest BCUT2D eigenvalue weighted by Gasteiger charge is 2.13. The van der Waals surface area contributed by atoms with Gasteiger partial charge in [0, 0.05) is 19.2 Å². The molecule has 1 aliphatic heterocycles. The Hall–Kier alpha value is -2.54. The normalized spacial score (nSPS) is 14.4. The fraction of sp³-hybridized carbons (Fsp3) is 0.444. The van der Waals surface area contributed by atoms with Gasteiger partial charge in [-0.15, -0.1) is 0 Å². The lowest BCUT2D eigenvalue weighted by atomic mass is 10.3. The Labute approximate surface area is 147 Å². The maximum atomic E-state index is 12.1. The van der Waals surface area contributed by atoms with E-state index in [0.29, 0.717) is 24.6 Å². The summed E-state index contributed by atoms with van der Waals surface area (Å²) in [7, 11) is 1.61. The van der Waals surface area contributed by atoms with Gasteiger partial charge in [0.1, 0.15) is 23.8 Å². The van der Waals surface area contributed by atoms with Crippen LogP contribution >= 0.6 is 0 Å². The Morgan fingerprint density at radius 1 is 1.28 bits per heavy atom. The van der Waals surface area contributed by atoms with Gasteiger partial charge in [0.05, 0.1) is 12.8 Å². The zero-order valence-electron chi connectivity index (χ0n) is 14.5. The van der Waals surface area contributed by atoms with Crippen molar-refractivity contribution in [3.05, 3.63) is 41.7 Å². The molecule has 7 heteroatoms. The molecule has 1 aromatic carbocycles. The number of carbonyl (C=O) groups excluding carboxylic acids is 1. The molecular weight excluding hydrogens is 320 g/mol. The second-order valence-electron chi connectivity index (χ2n) is 6.05. The third-order valence-electron chi connectivity index (χ3n) is 4.21. The topological polar surface area (TPSA) is 79.5 Å². The summed E-state index contributed by atoms with van der Waals surface area (Å²) in [6, 6.07) is 9.09. The predicted octanol–water partition coefficient (Wildman–Crippen LogP) is 1.82. The molecule has 1 amide bonds. The van der Waals surface area contributed by atoms with E-state index in [-0.39, 0.29) is 5.91 Å². The van der Waals surface area contributed by atoms with Crippen LogP contribution in [0.4, 0.5) is 0 Å². The number of nitrogens with one attached hydrogen (secondary N) is 2. The van der Waals surface area contributed by atoms with Crippen LogP contribution in [0.25, 0.3) is 0 Å². The summed E-state index contributed by atoms with van der Waals surface area (Å²) in [5.74, 6) is 1.27. The third-order valence-corrected chi connectivity index (χ3v) is 4.21. The number of ether oxygens (including phenoxy) is 2. The van der Waals surface area contributed by atoms with Gasteiger partial charge in [0.2, 0.25) is 0 Å². The smallest absolute Gasteiger partial charge is 0.271 e. The molecule has 7 nitrogen and oxygen atoms in total. The van der Waals surface area contributed by atoms with Crippen LogP contribution in [0.2, 0.25) is 0 Å². The number of amides is 1. The van der Waals surface area contributed by atoms with E-state index in [1.807, 2.05) is 24.3 Å². The zero-order chi connectivity index (χ0) is 17.5. The summed E-state index contributed by atoms with van der Waals surface area (Å²) < 4.78 is 10.8. The van der Waals surface area contributed by atoms with Crippen molar-refractivity contribution in [3.8, 4) is 11.5 Å². The number of benzene rings is 1. The van der Waals surface area contributed by atoms with E-state index in [4.69, 9.17) is 9.47 Å². The van der Waals surface area contributed by atoms with Crippen LogP contribution in [0.3, 0.4) is 0 Å². The standard InChI is InChI=1S/C18H24N4O3/c1-24-15-5-4-6-16(12-15)25-13-14-11-17(21-20-14)18(23)19-7-10-22-8-2-3-9-22/h4-6,11-12H,2-3,7-10,13H2,1H3,(H,19,23)(H,20,21). The number of H-pyrrole nitrogens is 1. The highest BCUT2D eigenvalue weighted by Crippen LogP contribution is 2.19. The number of carbonyl (C=O) groups is 1. The van der Waals surface area contributed by atoms with Crippen LogP contribution in [0.15, 0.2) is 30.3 Å². The van der Waals surface area contributed by atoms with Gasteiger partial charge in [-0.3, -0.25) is 9.89 Å². The molecule has 0 atom stereocenters. The molecule has 1 saturated heterocycles. The summed E-state index contributed by atoms with van der Waals surface area (Å²) in [4.78, 5) is 14.5. The molecule has 25 heavy (non-hydrogen) atoms. The number of hydrogen-bond acceptors (Lipinski definition) is 5. The average molecular weight is 344 g/mol. The second kappa shape index (κ2) is 8.53. The van der Waals surface area contributed by atoms with Gasteiger partial charge >= 0.3 is 0 Å². The van der Waals surface area contributed by atoms with Crippen molar-refractivity contribution in [1.82, 2.24) is 20.4 Å². The first-order valence-electron chi connectivity index (χ1n) is 8.56. The SMILES string of the molecule is COc1cccc(OCc2cc(C(=O)NCCN3CCCC3)n[nH]2)c1. The molecule has 0 unspecified atom stereocenters. The fourth-order valence-corrected chi connectivity index (χ4v) is 2.83. The molecule has 3 rings (SSSR count). The first-order valence-corrected chi connectivity index (χ1v) is 8.56. The van der Waals surface area contributed by atoms with Crippen LogP contribution in [0.5, 0.6) is 11.5 Å². The molecule has 134 valence electrons. The van der Waals surface area contributed by atoms with E-state index < -0.39 is 0 Å². The van der Waals surface area contributed by atoms with E-state index in [2.05, 4.69) is 20.4 Å². The maximum Gasteiger partial charge on any atom is 0.271 e. The molecular formula is C18H24N4O3. The van der Waals surface area contributed by atoms with Crippen LogP contribution < -0.4 is 14.8 Å². The van der Waals surface area contributed by atoms with Crippen LogP contribution in [-0.2, 0) is 6.61 Å². The van der Waals surface area contributed by atoms with Crippen LogP contribution in [0, 0.1) is 0 Å². The largest absolute Gasteiger partial charge is 0.497 e. The molecule has 0 aliphatic carbocycles. The lowest BCUT2D eigenvalue weighted by Crippen LogP contribution is -2.33. The second-order valence-corrected chi connectivity index (χ2v) is 6.05. The van der Waals surface area contributed by atoms with Gasteiger partial charge in [0.25, 0.3) is 5.91 Å². The van der Waals surface area contributed by atoms with Crippen molar-refractivity contribution in [2.75, 3.05) is 33.3 Å². The van der Waals surface area contributed by atoms with Crippen molar-refractivity contribution in [3.63, 3.8) is 0 Å². The highest BCUT2D eigenvalue weighted by atomic mass is 16.5. The third kappa shape index (κ3) is 4.96. The number of likely N-dealkylation sites (tertiary alicyclic amines) is 1. The Balaban J connectivity index is 1.45. The minimum atomic E-state index is -0.164. The van der Waals surface area contributed by atoms with Crippen molar-refractivity contribution in [1.29, 1.82) is 0 Å². The lowest BCUT2D eigenvalue weighted by molar-refractivity contribution is 0.0944. The van der Waals surface area contributed by atoms with Gasteiger partial charge in [-0.25, -0.2) is 0 Å². The van der Waals surface area contributed by atoms with Crippen LogP contribution in [-0.4, -0.2) is 54.3 Å². The molecule has 1 aliphatic rings. The van der Waals surface area contributed by atoms with Gasteiger partial charge < -0.3 is 19.7 Å². The summed E-state index contributed by atoms with van der Waals surface area (Å²) in [5.41, 5.74) is 1.12. The minimum Gasteiger partial charge on any atom is -0.497 e. The summed E-state index contributed by atoms with van der Waals surface area (Å²) in [6.07, 6.45) is 2.51. The monoisotopic (exact) mass is 344 g/mol. The Morgan fingerprint density at radius 2 is 2.08 bits per heavy atom. The molecule has 2 heterocycles. The summed E-state index contributed by atoms with van der Waals surface area (Å²) in [5, 5.41) is 9.80. The number of methoxy groups -OCH3 is 1. The number of aromatic nitrogens is 2. The van der Waals surface area contributed by atoms with Crippen molar-refractivity contribution < 1.29 is 14.3 Å². The lowest BCUT2D eigenvalue weighted by Gasteiger charge is -2.14. The average Bonchev–Trinajstić information content (AvgIpc) is 3.32. The molecule has 1 aromatic heterocycles. The minimum absolute atomic E-state index is 0.164. The first kappa shape index (κ1) is 17.3. The number of hydrogen-bond donors (Lipinski definition) is 2. The van der Waals surface area contributed by atoms with Crippen molar-refractivity contribution in [2.24, 2.45) is 0 Å². The van der Waals surface area contributed by atoms with E-state index in [9.17, 15) is 4.79 Å². The molecule has 0 radical (unpaired) electrons. The molecule has 0 bridgehead atoms. The molecule has 2 N–H and O–H groups in total. The molecule has 2 aromatic rings. The highest BCUT2D eigenvalue weighted by molar-refractivity contribution is 5.92. The van der Waals surface area contributed by atoms with E-state index in [1.54, 1.807) is 13.2 Å². The number of rotatable bonds is 8. The zero-order valence-corrected chi connectivity index (χ0v) is 14.5. The molecule has 0 saturated carbocycles. The van der Waals surface area contributed by atoms with Gasteiger partial charge in [-0.05, 0) is 44.1 Å². The number of nitrogens with zero attached hydrogens (tertiary/aromatic N) is 2. The van der Waals surface area contributed by atoms with Gasteiger partial charge in [-0.1, -0.05) is 6.07 Å². The Bertz CT molecular complexity index is 695. The molecule has 0 spiro atoms. The summed E-state index contributed by atoms with van der Waals surface area (Å²) >= 11 is 0. The van der Waals surface area contributed by atoms with E-state index in [0.717, 1.165) is 31.1 Å². The predicted molar refractivity (Wildman–Crippen MR) is 93.9 cm³/mol. The van der Waals surface area contributed by atoms with Gasteiger partial charge in [-0.2, -0.15) is 5.10 Å². The maximum absolute atomic E-state index is 12.1. The van der Waals surface area contributed by atoms with Crippen molar-refractivity contribution >= 4 is 5.91 Å².